The molecular formula is C29H33INO5S-. The fraction of sp³-hybridized carbons (Fsp3) is 0.345. The molecule has 0 spiro atoms. The molecule has 1 unspecified atom stereocenters. The molecule has 0 aliphatic heterocycles. The van der Waals surface area contributed by atoms with Gasteiger partial charge in [-0.15, -0.1) is 0 Å². The molecule has 3 rings (SSSR count). The van der Waals surface area contributed by atoms with Gasteiger partial charge >= 0.3 is 224 Å². The van der Waals surface area contributed by atoms with Gasteiger partial charge in [-0.1, -0.05) is 6.07 Å². The van der Waals surface area contributed by atoms with Gasteiger partial charge in [0.25, 0.3) is 0 Å². The standard InChI is InChI=1S/C29H33INO5S/c1-3-21(2)28(33)10-6-7-22-11-14-25(15-12-22)30-20-26(32)16-18-29(34)31-37(35,36)27-17-13-23-8-4-5-9-24(23)19-27/h4-5,8-9,11-15,17,19,21H,3,6-7,10,16,18,20H2,1-2H3,(H,31,34)/q-1. The predicted octanol–water partition coefficient (Wildman–Crippen LogP) is 1.89. The Morgan fingerprint density at radius 1 is 0.892 bits per heavy atom. The van der Waals surface area contributed by atoms with Crippen LogP contribution < -0.4 is 25.9 Å². The number of alkyl halides is 1. The molecule has 0 saturated heterocycles. The van der Waals surface area contributed by atoms with Crippen molar-refractivity contribution in [2.45, 2.75) is 57.3 Å². The molecule has 1 N–H and O–H groups in total. The molecule has 0 aliphatic rings. The number of ketones is 2. The number of carbonyl (C=O) groups excluding carboxylic acids is 3. The Labute approximate surface area is 229 Å². The summed E-state index contributed by atoms with van der Waals surface area (Å²) in [5.74, 6) is -0.275. The average molecular weight is 635 g/mol. The average Bonchev–Trinajstić information content (AvgIpc) is 2.90. The monoisotopic (exact) mass is 634 g/mol. The van der Waals surface area contributed by atoms with Crippen LogP contribution >= 0.6 is 0 Å². The number of aryl methyl sites for hydroxylation is 1. The van der Waals surface area contributed by atoms with E-state index >= 15 is 0 Å². The normalized spacial score (nSPS) is 12.4. The first-order valence-corrected chi connectivity index (χ1v) is 16.5. The zero-order valence-corrected chi connectivity index (χ0v) is 24.2. The number of benzene rings is 3. The van der Waals surface area contributed by atoms with Crippen LogP contribution in [0, 0.1) is 9.49 Å². The van der Waals surface area contributed by atoms with Gasteiger partial charge in [0.15, 0.2) is 0 Å². The van der Waals surface area contributed by atoms with Gasteiger partial charge in [0, 0.05) is 0 Å². The second-order valence-electron chi connectivity index (χ2n) is 9.10. The van der Waals surface area contributed by atoms with E-state index in [0.29, 0.717) is 16.6 Å². The van der Waals surface area contributed by atoms with Crippen molar-refractivity contribution < 1.29 is 44.0 Å². The molecule has 37 heavy (non-hydrogen) atoms. The van der Waals surface area contributed by atoms with Gasteiger partial charge in [0.05, 0.1) is 0 Å². The second kappa shape index (κ2) is 13.8. The first kappa shape index (κ1) is 29.0. The quantitative estimate of drug-likeness (QED) is 0.216. The Bertz CT molecular complexity index is 1350. The summed E-state index contributed by atoms with van der Waals surface area (Å²) in [6.45, 7) is 4.00. The van der Waals surface area contributed by atoms with Crippen molar-refractivity contribution in [3.8, 4) is 0 Å². The van der Waals surface area contributed by atoms with E-state index in [0.717, 1.165) is 33.6 Å². The van der Waals surface area contributed by atoms with Crippen molar-refractivity contribution >= 4 is 38.3 Å². The van der Waals surface area contributed by atoms with Crippen molar-refractivity contribution in [3.05, 3.63) is 75.9 Å². The third-order valence-electron chi connectivity index (χ3n) is 6.24. The summed E-state index contributed by atoms with van der Waals surface area (Å²) in [7, 11) is -4.00. The summed E-state index contributed by atoms with van der Waals surface area (Å²) in [5.41, 5.74) is 1.18. The maximum absolute atomic E-state index is 12.6. The Hall–Kier alpha value is -2.59. The van der Waals surface area contributed by atoms with E-state index < -0.39 is 37.1 Å². The summed E-state index contributed by atoms with van der Waals surface area (Å²) >= 11 is -0.529. The number of carbonyl (C=O) groups is 3. The number of halogens is 1. The van der Waals surface area contributed by atoms with Crippen LogP contribution in [0.2, 0.25) is 0 Å². The second-order valence-corrected chi connectivity index (χ2v) is 13.6. The van der Waals surface area contributed by atoms with Crippen LogP contribution in [0.5, 0.6) is 0 Å². The molecular weight excluding hydrogens is 601 g/mol. The van der Waals surface area contributed by atoms with Gasteiger partial charge in [-0.3, -0.25) is 0 Å². The predicted molar refractivity (Wildman–Crippen MR) is 141 cm³/mol. The van der Waals surface area contributed by atoms with E-state index in [4.69, 9.17) is 0 Å². The zero-order chi connectivity index (χ0) is 26.8. The molecule has 0 radical (unpaired) electrons. The number of sulfonamides is 1. The third-order valence-corrected chi connectivity index (χ3v) is 10.4. The van der Waals surface area contributed by atoms with E-state index in [1.54, 1.807) is 6.07 Å². The van der Waals surface area contributed by atoms with Crippen molar-refractivity contribution in [1.82, 2.24) is 4.72 Å². The van der Waals surface area contributed by atoms with Crippen LogP contribution in [0.1, 0.15) is 51.5 Å². The fourth-order valence-corrected chi connectivity index (χ4v) is 6.91. The summed E-state index contributed by atoms with van der Waals surface area (Å²) in [5, 5.41) is 1.67. The Kier molecular flexibility index (Phi) is 10.8. The SMILES string of the molecule is CCC(C)C(=O)CCCc1ccc([I-]CC(=O)CCC(=O)NS(=O)(=O)c2ccc3ccccc3c2)cc1. The molecule has 0 aromatic heterocycles. The molecule has 0 saturated carbocycles. The molecule has 0 aliphatic carbocycles. The van der Waals surface area contributed by atoms with Gasteiger partial charge in [0.1, 0.15) is 0 Å². The van der Waals surface area contributed by atoms with E-state index in [1.165, 1.54) is 17.7 Å². The molecule has 8 heteroatoms. The van der Waals surface area contributed by atoms with E-state index in [-0.39, 0.29) is 29.4 Å². The topological polar surface area (TPSA) is 97.4 Å². The van der Waals surface area contributed by atoms with Crippen LogP contribution in [0.3, 0.4) is 0 Å². The Morgan fingerprint density at radius 3 is 2.30 bits per heavy atom. The van der Waals surface area contributed by atoms with Gasteiger partial charge in [-0.05, 0) is 0 Å². The molecule has 1 amide bonds. The molecule has 1 atom stereocenters. The number of hydrogen-bond donors (Lipinski definition) is 1. The Morgan fingerprint density at radius 2 is 1.59 bits per heavy atom. The summed E-state index contributed by atoms with van der Waals surface area (Å²) in [6.07, 6.45) is 3.04. The van der Waals surface area contributed by atoms with Crippen LogP contribution in [0.4, 0.5) is 0 Å². The van der Waals surface area contributed by atoms with Crippen LogP contribution in [-0.2, 0) is 30.8 Å². The summed E-state index contributed by atoms with van der Waals surface area (Å²) < 4.78 is 28.8. The first-order valence-electron chi connectivity index (χ1n) is 12.4. The molecule has 3 aromatic carbocycles. The van der Waals surface area contributed by atoms with Crippen LogP contribution in [0.25, 0.3) is 10.8 Å². The number of amides is 1. The summed E-state index contributed by atoms with van der Waals surface area (Å²) in [6, 6.07) is 20.2. The molecule has 3 aromatic rings. The van der Waals surface area contributed by atoms with Gasteiger partial charge in [-0.2, -0.15) is 0 Å². The van der Waals surface area contributed by atoms with E-state index in [2.05, 4.69) is 16.9 Å². The van der Waals surface area contributed by atoms with E-state index in [1.807, 2.05) is 50.2 Å². The van der Waals surface area contributed by atoms with Crippen molar-refractivity contribution in [2.75, 3.05) is 4.43 Å². The molecule has 0 fully saturated rings. The number of fused-ring (bicyclic) bond motifs is 1. The maximum atomic E-state index is 12.6. The summed E-state index contributed by atoms with van der Waals surface area (Å²) in [4.78, 5) is 36.5. The minimum atomic E-state index is -4.00. The number of rotatable bonds is 14. The molecule has 198 valence electrons. The molecule has 0 bridgehead atoms. The number of nitrogens with one attached hydrogen (secondary N) is 1. The molecule has 6 nitrogen and oxygen atoms in total. The van der Waals surface area contributed by atoms with E-state index in [9.17, 15) is 22.8 Å². The number of hydrogen-bond acceptors (Lipinski definition) is 5. The van der Waals surface area contributed by atoms with Gasteiger partial charge in [0.2, 0.25) is 0 Å². The molecule has 0 heterocycles. The van der Waals surface area contributed by atoms with Crippen molar-refractivity contribution in [2.24, 2.45) is 5.92 Å². The van der Waals surface area contributed by atoms with Gasteiger partial charge < -0.3 is 0 Å². The first-order chi connectivity index (χ1) is 17.7. The van der Waals surface area contributed by atoms with Crippen molar-refractivity contribution in [1.29, 1.82) is 0 Å². The van der Waals surface area contributed by atoms with Crippen LogP contribution in [-0.4, -0.2) is 30.3 Å². The minimum absolute atomic E-state index is 0.0150. The van der Waals surface area contributed by atoms with Crippen molar-refractivity contribution in [3.63, 3.8) is 0 Å². The Balaban J connectivity index is 1.40. The van der Waals surface area contributed by atoms with Gasteiger partial charge in [-0.25, -0.2) is 0 Å². The third kappa shape index (κ3) is 9.03. The number of Topliss-reactive ketones (excluding diaryl/α,β-unsaturated/α-hetero) is 2. The zero-order valence-electron chi connectivity index (χ0n) is 21.2. The fourth-order valence-electron chi connectivity index (χ4n) is 3.75. The van der Waals surface area contributed by atoms with Crippen LogP contribution in [0.15, 0.2) is 71.6 Å².